The molecule has 5 rings (SSSR count). The van der Waals surface area contributed by atoms with Crippen molar-refractivity contribution in [1.29, 1.82) is 0 Å². The minimum Gasteiger partial charge on any atom is -0.478 e. The van der Waals surface area contributed by atoms with Crippen LogP contribution in [0.2, 0.25) is 12.1 Å². The highest BCUT2D eigenvalue weighted by atomic mass is 28.4. The Kier molecular flexibility index (Phi) is 17.5. The van der Waals surface area contributed by atoms with Crippen LogP contribution in [0.5, 0.6) is 0 Å². The lowest BCUT2D eigenvalue weighted by Crippen LogP contribution is -2.46. The summed E-state index contributed by atoms with van der Waals surface area (Å²) >= 11 is 0. The SMILES string of the molecule is CCO[Si](CCCNC(=O)c1ccc(C2(c3ccc(C(=O)NCCC[Si](OCC)(OCC)OCC)c(C(=O)O)c3)c3ccccc3-c3ccccc32)cc1C(=O)O)(OCC)OCC. The third-order valence-electron chi connectivity index (χ3n) is 10.9. The highest BCUT2D eigenvalue weighted by Crippen LogP contribution is 2.56. The third-order valence-corrected chi connectivity index (χ3v) is 17.2. The maximum absolute atomic E-state index is 13.7. The van der Waals surface area contributed by atoms with Crippen molar-refractivity contribution in [2.45, 2.75) is 71.9 Å². The number of carbonyl (C=O) groups excluding carboxylic acids is 2. The molecule has 0 radical (unpaired) electrons. The van der Waals surface area contributed by atoms with Gasteiger partial charge in [-0.25, -0.2) is 9.59 Å². The standard InChI is InChI=1S/C47H60N2O12Si2/c1-7-56-62(57-8-2,58-9-3)29-17-27-48-43(50)37-25-23-33(31-39(37)45(52)53)47(41-21-15-13-19-35(41)36-20-14-16-22-42(36)47)34-24-26-38(40(32-34)46(54)55)44(51)49-28-18-30-63(59-10-4,60-11-5)61-12-6/h13-16,19-26,31-32H,7-12,17-18,27-30H2,1-6H3,(H,48,50)(H,49,51)(H,52,53)(H,54,55). The third kappa shape index (κ3) is 10.7. The Morgan fingerprint density at radius 2 is 0.825 bits per heavy atom. The van der Waals surface area contributed by atoms with Crippen LogP contribution in [0, 0.1) is 0 Å². The van der Waals surface area contributed by atoms with Crippen molar-refractivity contribution >= 4 is 41.4 Å². The second-order valence-corrected chi connectivity index (χ2v) is 20.1. The van der Waals surface area contributed by atoms with Crippen molar-refractivity contribution in [3.05, 3.63) is 129 Å². The molecule has 63 heavy (non-hydrogen) atoms. The Balaban J connectivity index is 1.52. The van der Waals surface area contributed by atoms with E-state index in [2.05, 4.69) is 10.6 Å². The number of amides is 2. The van der Waals surface area contributed by atoms with Gasteiger partial charge in [-0.15, -0.1) is 0 Å². The van der Waals surface area contributed by atoms with Gasteiger partial charge >= 0.3 is 29.5 Å². The number of carbonyl (C=O) groups is 4. The van der Waals surface area contributed by atoms with Gasteiger partial charge in [0.25, 0.3) is 11.8 Å². The predicted octanol–water partition coefficient (Wildman–Crippen LogP) is 7.78. The van der Waals surface area contributed by atoms with Crippen molar-refractivity contribution in [2.24, 2.45) is 0 Å². The molecular formula is C47H60N2O12Si2. The van der Waals surface area contributed by atoms with Gasteiger partial charge in [0.15, 0.2) is 0 Å². The Labute approximate surface area is 372 Å². The van der Waals surface area contributed by atoms with Crippen molar-refractivity contribution in [3.63, 3.8) is 0 Å². The molecule has 16 heteroatoms. The van der Waals surface area contributed by atoms with E-state index in [1.807, 2.05) is 90.1 Å². The molecule has 0 fully saturated rings. The Morgan fingerprint density at radius 3 is 1.14 bits per heavy atom. The molecule has 0 unspecified atom stereocenters. The second kappa shape index (κ2) is 22.5. The van der Waals surface area contributed by atoms with Gasteiger partial charge in [0.1, 0.15) is 0 Å². The fourth-order valence-electron chi connectivity index (χ4n) is 8.54. The molecule has 0 bridgehead atoms. The number of hydrogen-bond donors (Lipinski definition) is 4. The fourth-order valence-corrected chi connectivity index (χ4v) is 13.8. The van der Waals surface area contributed by atoms with Gasteiger partial charge < -0.3 is 47.4 Å². The lowest BCUT2D eigenvalue weighted by atomic mass is 9.67. The number of aromatic carboxylic acids is 2. The van der Waals surface area contributed by atoms with E-state index >= 15 is 0 Å². The van der Waals surface area contributed by atoms with Gasteiger partial charge in [-0.1, -0.05) is 60.7 Å². The topological polar surface area (TPSA) is 188 Å². The smallest absolute Gasteiger partial charge is 0.478 e. The van der Waals surface area contributed by atoms with Gasteiger partial charge in [0.05, 0.1) is 27.7 Å². The average molecular weight is 901 g/mol. The molecule has 1 aliphatic rings. The summed E-state index contributed by atoms with van der Waals surface area (Å²) in [4.78, 5) is 53.6. The van der Waals surface area contributed by atoms with Gasteiger partial charge in [-0.05, 0) is 112 Å². The first-order chi connectivity index (χ1) is 30.4. The Morgan fingerprint density at radius 1 is 0.492 bits per heavy atom. The maximum Gasteiger partial charge on any atom is 0.500 e. The van der Waals surface area contributed by atoms with Crippen molar-refractivity contribution in [1.82, 2.24) is 10.6 Å². The van der Waals surface area contributed by atoms with E-state index in [1.54, 1.807) is 12.1 Å². The normalized spacial score (nSPS) is 13.0. The van der Waals surface area contributed by atoms with Crippen LogP contribution in [0.15, 0.2) is 84.9 Å². The first kappa shape index (κ1) is 49.0. The maximum atomic E-state index is 13.7. The lowest BCUT2D eigenvalue weighted by molar-refractivity contribution is 0.0682. The zero-order valence-corrected chi connectivity index (χ0v) is 39.0. The molecule has 338 valence electrons. The second-order valence-electron chi connectivity index (χ2n) is 14.7. The quantitative estimate of drug-likeness (QED) is 0.0312. The van der Waals surface area contributed by atoms with E-state index in [0.717, 1.165) is 22.3 Å². The molecule has 0 spiro atoms. The van der Waals surface area contributed by atoms with E-state index in [1.165, 1.54) is 24.3 Å². The van der Waals surface area contributed by atoms with Crippen LogP contribution in [0.1, 0.15) is 118 Å². The van der Waals surface area contributed by atoms with E-state index in [9.17, 15) is 29.4 Å². The monoisotopic (exact) mass is 900 g/mol. The van der Waals surface area contributed by atoms with Crippen LogP contribution in [0.25, 0.3) is 11.1 Å². The predicted molar refractivity (Wildman–Crippen MR) is 242 cm³/mol. The summed E-state index contributed by atoms with van der Waals surface area (Å²) in [5.41, 5.74) is 2.53. The highest BCUT2D eigenvalue weighted by Gasteiger charge is 2.47. The lowest BCUT2D eigenvalue weighted by Gasteiger charge is -2.34. The molecule has 4 aromatic carbocycles. The van der Waals surface area contributed by atoms with Gasteiger partial charge in [0, 0.05) is 64.8 Å². The summed E-state index contributed by atoms with van der Waals surface area (Å²) in [6.45, 7) is 14.2. The molecule has 0 heterocycles. The highest BCUT2D eigenvalue weighted by molar-refractivity contribution is 6.61. The molecular weight excluding hydrogens is 841 g/mol. The first-order valence-corrected chi connectivity index (χ1v) is 25.6. The van der Waals surface area contributed by atoms with Crippen molar-refractivity contribution in [2.75, 3.05) is 52.7 Å². The van der Waals surface area contributed by atoms with E-state index in [0.29, 0.717) is 75.7 Å². The summed E-state index contributed by atoms with van der Waals surface area (Å²) in [5.74, 6) is -3.76. The van der Waals surface area contributed by atoms with Crippen LogP contribution in [0.4, 0.5) is 0 Å². The van der Waals surface area contributed by atoms with Gasteiger partial charge in [0.2, 0.25) is 0 Å². The van der Waals surface area contributed by atoms with E-state index in [4.69, 9.17) is 26.6 Å². The summed E-state index contributed by atoms with van der Waals surface area (Å²) in [6.07, 6.45) is 0.958. The summed E-state index contributed by atoms with van der Waals surface area (Å²) in [5, 5.41) is 27.0. The molecule has 14 nitrogen and oxygen atoms in total. The minimum absolute atomic E-state index is 0.0363. The molecule has 4 aromatic rings. The molecule has 0 atom stereocenters. The van der Waals surface area contributed by atoms with Crippen LogP contribution in [-0.2, 0) is 32.0 Å². The van der Waals surface area contributed by atoms with Gasteiger partial charge in [-0.3, -0.25) is 9.59 Å². The molecule has 0 saturated heterocycles. The van der Waals surface area contributed by atoms with Crippen LogP contribution >= 0.6 is 0 Å². The Hall–Kier alpha value is -5.05. The van der Waals surface area contributed by atoms with Crippen LogP contribution < -0.4 is 10.6 Å². The number of rotatable bonds is 26. The van der Waals surface area contributed by atoms with Crippen molar-refractivity contribution in [3.8, 4) is 11.1 Å². The Bertz CT molecular complexity index is 2050. The van der Waals surface area contributed by atoms with E-state index in [-0.39, 0.29) is 35.3 Å². The molecule has 0 aromatic heterocycles. The molecule has 2 amide bonds. The van der Waals surface area contributed by atoms with E-state index < -0.39 is 46.8 Å². The van der Waals surface area contributed by atoms with Crippen molar-refractivity contribution < 1.29 is 55.9 Å². The number of carboxylic acids is 2. The largest absolute Gasteiger partial charge is 0.500 e. The molecule has 0 saturated carbocycles. The number of fused-ring (bicyclic) bond motifs is 3. The number of hydrogen-bond acceptors (Lipinski definition) is 10. The zero-order valence-electron chi connectivity index (χ0n) is 37.0. The first-order valence-electron chi connectivity index (χ1n) is 21.8. The summed E-state index contributed by atoms with van der Waals surface area (Å²) in [6, 6.07) is 25.7. The van der Waals surface area contributed by atoms with Crippen LogP contribution in [0.3, 0.4) is 0 Å². The summed E-state index contributed by atoms with van der Waals surface area (Å²) < 4.78 is 35.6. The summed E-state index contributed by atoms with van der Waals surface area (Å²) in [7, 11) is -5.91. The molecule has 0 aliphatic heterocycles. The molecule has 1 aliphatic carbocycles. The number of carboxylic acid groups (broad SMARTS) is 2. The fraction of sp³-hybridized carbons (Fsp3) is 0.404. The number of nitrogens with one attached hydrogen (secondary N) is 2. The van der Waals surface area contributed by atoms with Gasteiger partial charge in [-0.2, -0.15) is 0 Å². The average Bonchev–Trinajstić information content (AvgIpc) is 3.57. The molecule has 4 N–H and O–H groups in total. The number of benzene rings is 4. The zero-order chi connectivity index (χ0) is 45.6. The minimum atomic E-state index is -2.96. The van der Waals surface area contributed by atoms with Crippen LogP contribution in [-0.4, -0.2) is 104 Å².